The lowest BCUT2D eigenvalue weighted by Crippen LogP contribution is -2.42. The van der Waals surface area contributed by atoms with Crippen molar-refractivity contribution in [2.45, 2.75) is 59.0 Å². The number of benzene rings is 2. The van der Waals surface area contributed by atoms with E-state index in [1.807, 2.05) is 62.9 Å². The zero-order chi connectivity index (χ0) is 24.2. The number of hydrazone groups is 1. The fraction of sp³-hybridized carbons (Fsp3) is 0.462. The van der Waals surface area contributed by atoms with Gasteiger partial charge in [0.1, 0.15) is 17.2 Å². The van der Waals surface area contributed by atoms with Gasteiger partial charge in [0.15, 0.2) is 0 Å². The first-order valence-electron chi connectivity index (χ1n) is 11.5. The lowest BCUT2D eigenvalue weighted by Gasteiger charge is -2.31. The number of nitrogens with zero attached hydrogens (tertiary/aromatic N) is 2. The van der Waals surface area contributed by atoms with Crippen molar-refractivity contribution >= 4 is 12.1 Å². The number of methoxy groups -OCH3 is 1. The smallest absolute Gasteiger partial charge is 0.258 e. The predicted molar refractivity (Wildman–Crippen MR) is 132 cm³/mol. The summed E-state index contributed by atoms with van der Waals surface area (Å²) < 4.78 is 17.1. The number of amides is 1. The number of carbonyl (C=O) groups excluding carboxylic acids is 1. The van der Waals surface area contributed by atoms with Gasteiger partial charge < -0.3 is 25.0 Å². The highest BCUT2D eigenvalue weighted by Gasteiger charge is 2.24. The zero-order valence-electron chi connectivity index (χ0n) is 20.4. The van der Waals surface area contributed by atoms with Gasteiger partial charge >= 0.3 is 0 Å². The molecule has 0 fully saturated rings. The summed E-state index contributed by atoms with van der Waals surface area (Å²) >= 11 is 0. The highest BCUT2D eigenvalue weighted by atomic mass is 16.5. The second-order valence-electron chi connectivity index (χ2n) is 8.37. The van der Waals surface area contributed by atoms with Gasteiger partial charge in [0.2, 0.25) is 0 Å². The fourth-order valence-corrected chi connectivity index (χ4v) is 3.65. The molecule has 0 saturated heterocycles. The van der Waals surface area contributed by atoms with Crippen LogP contribution in [0.1, 0.15) is 62.9 Å². The normalized spacial score (nSPS) is 11.2. The second kappa shape index (κ2) is 13.4. The Balaban J connectivity index is 1.80. The predicted octanol–water partition coefficient (Wildman–Crippen LogP) is 4.87. The van der Waals surface area contributed by atoms with E-state index in [2.05, 4.69) is 5.10 Å². The van der Waals surface area contributed by atoms with Gasteiger partial charge in [0, 0.05) is 12.1 Å². The summed E-state index contributed by atoms with van der Waals surface area (Å²) in [6, 6.07) is 13.2. The first-order chi connectivity index (χ1) is 15.9. The van der Waals surface area contributed by atoms with E-state index in [4.69, 9.17) is 20.1 Å². The summed E-state index contributed by atoms with van der Waals surface area (Å²) in [6.07, 6.45) is 4.40. The van der Waals surface area contributed by atoms with Gasteiger partial charge in [-0.3, -0.25) is 4.79 Å². The minimum Gasteiger partial charge on any atom is -0.496 e. The quantitative estimate of drug-likeness (QED) is 0.201. The molecule has 2 aromatic carbocycles. The van der Waals surface area contributed by atoms with Crippen molar-refractivity contribution in [3.05, 3.63) is 53.6 Å². The molecule has 0 saturated carbocycles. The molecule has 0 aromatic heterocycles. The van der Waals surface area contributed by atoms with Gasteiger partial charge in [-0.1, -0.05) is 0 Å². The number of hydrogen-bond donors (Lipinski definition) is 1. The third kappa shape index (κ3) is 8.00. The van der Waals surface area contributed by atoms with E-state index >= 15 is 0 Å². The van der Waals surface area contributed by atoms with Gasteiger partial charge in [-0.25, -0.2) is 0 Å². The van der Waals surface area contributed by atoms with Crippen LogP contribution in [0.5, 0.6) is 17.2 Å². The van der Waals surface area contributed by atoms with Gasteiger partial charge in [-0.15, -0.1) is 0 Å². The molecule has 7 heteroatoms. The van der Waals surface area contributed by atoms with Crippen LogP contribution in [0.25, 0.3) is 0 Å². The Bertz CT molecular complexity index is 887. The number of ether oxygens (including phenoxy) is 3. The van der Waals surface area contributed by atoms with Crippen molar-refractivity contribution in [3.63, 3.8) is 0 Å². The van der Waals surface area contributed by atoms with E-state index in [1.54, 1.807) is 25.5 Å². The largest absolute Gasteiger partial charge is 0.496 e. The number of nitrogens with two attached hydrogens (primary N) is 1. The van der Waals surface area contributed by atoms with E-state index in [9.17, 15) is 4.79 Å². The molecule has 2 N–H and O–H groups in total. The number of rotatable bonds is 13. The van der Waals surface area contributed by atoms with Crippen molar-refractivity contribution in [1.29, 1.82) is 0 Å². The molecule has 0 radical (unpaired) electrons. The number of carbonyl (C=O) groups is 1. The Hall–Kier alpha value is -3.22. The highest BCUT2D eigenvalue weighted by molar-refractivity contribution is 5.97. The molecule has 0 bridgehead atoms. The molecule has 2 rings (SSSR count). The van der Waals surface area contributed by atoms with Crippen LogP contribution in [0.4, 0.5) is 0 Å². The van der Waals surface area contributed by atoms with Gasteiger partial charge in [0.25, 0.3) is 5.91 Å². The van der Waals surface area contributed by atoms with E-state index < -0.39 is 0 Å². The third-order valence-corrected chi connectivity index (χ3v) is 5.18. The minimum absolute atomic E-state index is 0.0530. The maximum Gasteiger partial charge on any atom is 0.258 e. The minimum atomic E-state index is -0.0530. The summed E-state index contributed by atoms with van der Waals surface area (Å²) in [5, 5.41) is 3.50. The maximum atomic E-state index is 13.1. The van der Waals surface area contributed by atoms with Crippen LogP contribution in [0.3, 0.4) is 0 Å². The average molecular weight is 456 g/mol. The SMILES string of the molecule is COc1ccc(OCCCCCOc2ccc(C=NN)cc2)cc1C(=O)N(C(C)C)C(C)C. The summed E-state index contributed by atoms with van der Waals surface area (Å²) in [4.78, 5) is 15.0. The topological polar surface area (TPSA) is 86.4 Å². The van der Waals surface area contributed by atoms with E-state index in [0.717, 1.165) is 30.6 Å². The first kappa shape index (κ1) is 26.0. The highest BCUT2D eigenvalue weighted by Crippen LogP contribution is 2.27. The van der Waals surface area contributed by atoms with Gasteiger partial charge in [-0.2, -0.15) is 5.10 Å². The first-order valence-corrected chi connectivity index (χ1v) is 11.5. The molecule has 0 spiro atoms. The molecule has 2 aromatic rings. The van der Waals surface area contributed by atoms with Crippen LogP contribution in [0.2, 0.25) is 0 Å². The molecule has 0 aliphatic heterocycles. The fourth-order valence-electron chi connectivity index (χ4n) is 3.65. The molecule has 0 aliphatic carbocycles. The molecule has 33 heavy (non-hydrogen) atoms. The number of unbranched alkanes of at least 4 members (excludes halogenated alkanes) is 2. The van der Waals surface area contributed by atoms with Crippen molar-refractivity contribution in [2.24, 2.45) is 10.9 Å². The summed E-state index contributed by atoms with van der Waals surface area (Å²) in [5.41, 5.74) is 1.46. The van der Waals surface area contributed by atoms with Crippen LogP contribution < -0.4 is 20.1 Å². The van der Waals surface area contributed by atoms with Gasteiger partial charge in [-0.05, 0) is 95.0 Å². The lowest BCUT2D eigenvalue weighted by atomic mass is 10.1. The second-order valence-corrected chi connectivity index (χ2v) is 8.37. The van der Waals surface area contributed by atoms with Crippen molar-refractivity contribution in [2.75, 3.05) is 20.3 Å². The Morgan fingerprint density at radius 3 is 2.06 bits per heavy atom. The maximum absolute atomic E-state index is 13.1. The zero-order valence-corrected chi connectivity index (χ0v) is 20.4. The standard InChI is InChI=1S/C26H37N3O4/c1-19(2)29(20(3)4)26(30)24-17-23(13-14-25(24)31-5)33-16-8-6-7-15-32-22-11-9-21(10-12-22)18-28-27/h9-14,17-20H,6-8,15-16,27H2,1-5H3. The molecule has 180 valence electrons. The molecule has 0 aliphatic rings. The third-order valence-electron chi connectivity index (χ3n) is 5.18. The molecule has 0 unspecified atom stereocenters. The van der Waals surface area contributed by atoms with Crippen LogP contribution in [-0.2, 0) is 0 Å². The molecular formula is C26H37N3O4. The number of hydrogen-bond acceptors (Lipinski definition) is 6. The Kier molecular flexibility index (Phi) is 10.5. The van der Waals surface area contributed by atoms with Crippen molar-refractivity contribution in [3.8, 4) is 17.2 Å². The van der Waals surface area contributed by atoms with Crippen molar-refractivity contribution < 1.29 is 19.0 Å². The summed E-state index contributed by atoms with van der Waals surface area (Å²) in [6.45, 7) is 9.28. The van der Waals surface area contributed by atoms with Crippen LogP contribution in [0.15, 0.2) is 47.6 Å². The van der Waals surface area contributed by atoms with Crippen molar-refractivity contribution in [1.82, 2.24) is 4.90 Å². The molecular weight excluding hydrogens is 418 g/mol. The summed E-state index contributed by atoms with van der Waals surface area (Å²) in [7, 11) is 1.58. The van der Waals surface area contributed by atoms with Crippen LogP contribution in [0, 0.1) is 0 Å². The molecule has 7 nitrogen and oxygen atoms in total. The van der Waals surface area contributed by atoms with E-state index in [-0.39, 0.29) is 18.0 Å². The monoisotopic (exact) mass is 455 g/mol. The van der Waals surface area contributed by atoms with Crippen LogP contribution in [-0.4, -0.2) is 49.4 Å². The Morgan fingerprint density at radius 1 is 0.939 bits per heavy atom. The molecule has 1 amide bonds. The van der Waals surface area contributed by atoms with E-state index in [1.165, 1.54) is 0 Å². The van der Waals surface area contributed by atoms with Crippen LogP contribution >= 0.6 is 0 Å². The van der Waals surface area contributed by atoms with Gasteiger partial charge in [0.05, 0.1) is 32.1 Å². The Labute approximate surface area is 197 Å². The molecule has 0 heterocycles. The Morgan fingerprint density at radius 2 is 1.52 bits per heavy atom. The molecule has 0 atom stereocenters. The average Bonchev–Trinajstić information content (AvgIpc) is 2.79. The summed E-state index contributed by atoms with van der Waals surface area (Å²) in [5.74, 6) is 7.15. The van der Waals surface area contributed by atoms with E-state index in [0.29, 0.717) is 30.3 Å². The lowest BCUT2D eigenvalue weighted by molar-refractivity contribution is 0.0639.